The number of carbonyl (C=O) groups is 2. The molecule has 0 radical (unpaired) electrons. The van der Waals surface area contributed by atoms with Crippen LogP contribution in [0.1, 0.15) is 22.3 Å². The number of aryl methyl sites for hydroxylation is 2. The van der Waals surface area contributed by atoms with E-state index < -0.39 is 17.4 Å². The fourth-order valence-corrected chi connectivity index (χ4v) is 2.57. The molecule has 0 spiro atoms. The van der Waals surface area contributed by atoms with Gasteiger partial charge in [-0.2, -0.15) is 0 Å². The van der Waals surface area contributed by atoms with Gasteiger partial charge in [0.1, 0.15) is 0 Å². The van der Waals surface area contributed by atoms with Gasteiger partial charge in [0.25, 0.3) is 0 Å². The SMILES string of the molecule is Cc1ccc(CC(Cc2ccc(C)cc2)(C(=O)O)C(=O)O)cc1. The molecule has 2 aromatic carbocycles. The molecule has 0 saturated carbocycles. The number of aliphatic carboxylic acids is 2. The minimum atomic E-state index is -1.87. The molecule has 0 amide bonds. The summed E-state index contributed by atoms with van der Waals surface area (Å²) in [4.78, 5) is 23.6. The molecular weight excluding hydrogens is 292 g/mol. The van der Waals surface area contributed by atoms with Crippen LogP contribution in [0.5, 0.6) is 0 Å². The van der Waals surface area contributed by atoms with Crippen LogP contribution in [0.2, 0.25) is 0 Å². The van der Waals surface area contributed by atoms with Crippen molar-refractivity contribution in [2.24, 2.45) is 5.41 Å². The second-order valence-electron chi connectivity index (χ2n) is 6.02. The molecule has 0 atom stereocenters. The molecule has 0 aromatic heterocycles. The molecule has 4 nitrogen and oxygen atoms in total. The molecule has 0 saturated heterocycles. The van der Waals surface area contributed by atoms with E-state index in [-0.39, 0.29) is 12.8 Å². The third kappa shape index (κ3) is 3.77. The van der Waals surface area contributed by atoms with E-state index in [0.29, 0.717) is 11.1 Å². The van der Waals surface area contributed by atoms with Crippen molar-refractivity contribution in [2.75, 3.05) is 0 Å². The van der Waals surface area contributed by atoms with Gasteiger partial charge in [0.2, 0.25) is 0 Å². The van der Waals surface area contributed by atoms with Gasteiger partial charge in [-0.3, -0.25) is 9.59 Å². The number of benzene rings is 2. The average molecular weight is 312 g/mol. The standard InChI is InChI=1S/C19H20O4/c1-13-3-7-15(8-4-13)11-19(17(20)21,18(22)23)12-16-9-5-14(2)6-10-16/h3-10H,11-12H2,1-2H3,(H,20,21)(H,22,23). The quantitative estimate of drug-likeness (QED) is 0.803. The fraction of sp³-hybridized carbons (Fsp3) is 0.263. The van der Waals surface area contributed by atoms with Gasteiger partial charge in [0.15, 0.2) is 5.41 Å². The van der Waals surface area contributed by atoms with Gasteiger partial charge in [-0.05, 0) is 37.8 Å². The van der Waals surface area contributed by atoms with Crippen LogP contribution in [0.15, 0.2) is 48.5 Å². The van der Waals surface area contributed by atoms with Crippen molar-refractivity contribution in [3.8, 4) is 0 Å². The molecular formula is C19H20O4. The third-order valence-corrected chi connectivity index (χ3v) is 4.07. The first kappa shape index (κ1) is 16.7. The third-order valence-electron chi connectivity index (χ3n) is 4.07. The molecule has 2 N–H and O–H groups in total. The van der Waals surface area contributed by atoms with Gasteiger partial charge in [0.05, 0.1) is 0 Å². The van der Waals surface area contributed by atoms with Crippen molar-refractivity contribution in [2.45, 2.75) is 26.7 Å². The lowest BCUT2D eigenvalue weighted by molar-refractivity contribution is -0.164. The summed E-state index contributed by atoms with van der Waals surface area (Å²) in [6.07, 6.45) is -0.0996. The first-order valence-corrected chi connectivity index (χ1v) is 7.41. The maximum absolute atomic E-state index is 11.8. The van der Waals surface area contributed by atoms with E-state index in [1.165, 1.54) is 0 Å². The van der Waals surface area contributed by atoms with Gasteiger partial charge >= 0.3 is 11.9 Å². The number of carboxylic acids is 2. The highest BCUT2D eigenvalue weighted by molar-refractivity contribution is 5.98. The molecule has 0 bridgehead atoms. The van der Waals surface area contributed by atoms with Crippen molar-refractivity contribution in [3.63, 3.8) is 0 Å². The Hall–Kier alpha value is -2.62. The van der Waals surface area contributed by atoms with E-state index in [1.807, 2.05) is 38.1 Å². The van der Waals surface area contributed by atoms with Crippen molar-refractivity contribution in [3.05, 3.63) is 70.8 Å². The molecule has 0 unspecified atom stereocenters. The highest BCUT2D eigenvalue weighted by Gasteiger charge is 2.46. The lowest BCUT2D eigenvalue weighted by Gasteiger charge is -2.25. The maximum atomic E-state index is 11.8. The van der Waals surface area contributed by atoms with Crippen LogP contribution in [0.3, 0.4) is 0 Å². The minimum Gasteiger partial charge on any atom is -0.480 e. The normalized spacial score (nSPS) is 11.2. The van der Waals surface area contributed by atoms with Crippen LogP contribution in [0, 0.1) is 19.3 Å². The van der Waals surface area contributed by atoms with Crippen molar-refractivity contribution < 1.29 is 19.8 Å². The molecule has 120 valence electrons. The number of rotatable bonds is 6. The van der Waals surface area contributed by atoms with Crippen LogP contribution in [0.25, 0.3) is 0 Å². The highest BCUT2D eigenvalue weighted by atomic mass is 16.4. The second kappa shape index (κ2) is 6.65. The van der Waals surface area contributed by atoms with Crippen LogP contribution in [-0.4, -0.2) is 22.2 Å². The Balaban J connectivity index is 2.38. The molecule has 4 heteroatoms. The lowest BCUT2D eigenvalue weighted by atomic mass is 9.76. The van der Waals surface area contributed by atoms with E-state index in [4.69, 9.17) is 0 Å². The van der Waals surface area contributed by atoms with E-state index in [2.05, 4.69) is 0 Å². The number of hydrogen-bond donors (Lipinski definition) is 2. The summed E-state index contributed by atoms with van der Waals surface area (Å²) < 4.78 is 0. The summed E-state index contributed by atoms with van der Waals surface area (Å²) in [5.74, 6) is -2.63. The monoisotopic (exact) mass is 312 g/mol. The lowest BCUT2D eigenvalue weighted by Crippen LogP contribution is -2.43. The zero-order valence-corrected chi connectivity index (χ0v) is 13.2. The minimum absolute atomic E-state index is 0.0498. The summed E-state index contributed by atoms with van der Waals surface area (Å²) in [6.45, 7) is 3.86. The van der Waals surface area contributed by atoms with E-state index in [1.54, 1.807) is 24.3 Å². The maximum Gasteiger partial charge on any atom is 0.321 e. The zero-order valence-electron chi connectivity index (χ0n) is 13.2. The smallest absolute Gasteiger partial charge is 0.321 e. The highest BCUT2D eigenvalue weighted by Crippen LogP contribution is 2.29. The molecule has 23 heavy (non-hydrogen) atoms. The van der Waals surface area contributed by atoms with Gasteiger partial charge in [-0.1, -0.05) is 59.7 Å². The Morgan fingerprint density at radius 2 is 1.04 bits per heavy atom. The molecule has 2 aromatic rings. The van der Waals surface area contributed by atoms with E-state index in [0.717, 1.165) is 11.1 Å². The molecule has 0 heterocycles. The summed E-state index contributed by atoms with van der Waals surface area (Å²) in [5, 5.41) is 19.3. The van der Waals surface area contributed by atoms with Crippen molar-refractivity contribution in [1.82, 2.24) is 0 Å². The Kier molecular flexibility index (Phi) is 4.84. The topological polar surface area (TPSA) is 74.6 Å². The second-order valence-corrected chi connectivity index (χ2v) is 6.02. The van der Waals surface area contributed by atoms with Gasteiger partial charge in [-0.25, -0.2) is 0 Å². The Bertz CT molecular complexity index is 636. The predicted octanol–water partition coefficient (Wildman–Crippen LogP) is 3.24. The predicted molar refractivity (Wildman–Crippen MR) is 87.5 cm³/mol. The van der Waals surface area contributed by atoms with E-state index >= 15 is 0 Å². The van der Waals surface area contributed by atoms with Crippen LogP contribution >= 0.6 is 0 Å². The van der Waals surface area contributed by atoms with Crippen LogP contribution in [-0.2, 0) is 22.4 Å². The number of carboxylic acid groups (broad SMARTS) is 2. The fourth-order valence-electron chi connectivity index (χ4n) is 2.57. The number of hydrogen-bond acceptors (Lipinski definition) is 2. The van der Waals surface area contributed by atoms with Crippen molar-refractivity contribution in [1.29, 1.82) is 0 Å². The first-order valence-electron chi connectivity index (χ1n) is 7.41. The molecule has 0 fully saturated rings. The summed E-state index contributed by atoms with van der Waals surface area (Å²) in [5.41, 5.74) is 1.62. The zero-order chi connectivity index (χ0) is 17.0. The summed E-state index contributed by atoms with van der Waals surface area (Å²) >= 11 is 0. The van der Waals surface area contributed by atoms with Crippen LogP contribution < -0.4 is 0 Å². The van der Waals surface area contributed by atoms with Crippen LogP contribution in [0.4, 0.5) is 0 Å². The molecule has 0 aliphatic rings. The Labute approximate surface area is 135 Å². The van der Waals surface area contributed by atoms with Gasteiger partial charge in [-0.15, -0.1) is 0 Å². The summed E-state index contributed by atoms with van der Waals surface area (Å²) in [6, 6.07) is 14.6. The first-order chi connectivity index (χ1) is 10.8. The van der Waals surface area contributed by atoms with Gasteiger partial charge in [0, 0.05) is 0 Å². The molecule has 0 aliphatic heterocycles. The Morgan fingerprint density at radius 1 is 0.739 bits per heavy atom. The average Bonchev–Trinajstić information content (AvgIpc) is 2.50. The van der Waals surface area contributed by atoms with Crippen molar-refractivity contribution >= 4 is 11.9 Å². The molecule has 0 aliphatic carbocycles. The van der Waals surface area contributed by atoms with E-state index in [9.17, 15) is 19.8 Å². The largest absolute Gasteiger partial charge is 0.480 e. The van der Waals surface area contributed by atoms with Gasteiger partial charge < -0.3 is 10.2 Å². The summed E-state index contributed by atoms with van der Waals surface area (Å²) in [7, 11) is 0. The molecule has 2 rings (SSSR count). The Morgan fingerprint density at radius 3 is 1.30 bits per heavy atom.